The van der Waals surface area contributed by atoms with Gasteiger partial charge < -0.3 is 15.9 Å². The summed E-state index contributed by atoms with van der Waals surface area (Å²) in [5, 5.41) is 18.0. The first-order valence-corrected chi connectivity index (χ1v) is 4.89. The fourth-order valence-corrected chi connectivity index (χ4v) is 1.41. The van der Waals surface area contributed by atoms with Gasteiger partial charge in [-0.1, -0.05) is 12.1 Å². The summed E-state index contributed by atoms with van der Waals surface area (Å²) in [5.74, 6) is -1.06. The minimum Gasteiger partial charge on any atom is -0.508 e. The summed E-state index contributed by atoms with van der Waals surface area (Å²) in [6, 6.07) is 3.61. The Kier molecular flexibility index (Phi) is 4.25. The van der Waals surface area contributed by atoms with Gasteiger partial charge in [0.1, 0.15) is 11.8 Å². The van der Waals surface area contributed by atoms with Crippen molar-refractivity contribution in [2.24, 2.45) is 5.73 Å². The van der Waals surface area contributed by atoms with Crippen molar-refractivity contribution >= 4 is 5.97 Å². The number of alkyl halides is 1. The van der Waals surface area contributed by atoms with Crippen LogP contribution in [0, 0.1) is 0 Å². The predicted octanol–water partition coefficient (Wildman–Crippen LogP) is 0.859. The number of phenols is 1. The van der Waals surface area contributed by atoms with Gasteiger partial charge in [0.15, 0.2) is 0 Å². The van der Waals surface area contributed by atoms with Gasteiger partial charge in [0.05, 0.1) is 6.67 Å². The number of benzene rings is 1. The number of nitrogens with two attached hydrogens (primary N) is 1. The van der Waals surface area contributed by atoms with E-state index < -0.39 is 18.7 Å². The molecule has 5 heteroatoms. The topological polar surface area (TPSA) is 83.5 Å². The number of aliphatic carboxylic acids is 1. The van der Waals surface area contributed by atoms with E-state index in [1.54, 1.807) is 12.1 Å². The van der Waals surface area contributed by atoms with Gasteiger partial charge in [-0.2, -0.15) is 0 Å². The molecular formula is C11H14FNO3. The van der Waals surface area contributed by atoms with Crippen molar-refractivity contribution in [1.29, 1.82) is 0 Å². The Morgan fingerprint density at radius 3 is 2.75 bits per heavy atom. The number of carboxylic acids is 1. The lowest BCUT2D eigenvalue weighted by Gasteiger charge is -2.09. The van der Waals surface area contributed by atoms with Crippen LogP contribution in [0.3, 0.4) is 0 Å². The second-order valence-corrected chi connectivity index (χ2v) is 3.55. The number of rotatable bonds is 5. The van der Waals surface area contributed by atoms with E-state index in [1.165, 1.54) is 6.07 Å². The van der Waals surface area contributed by atoms with Crippen molar-refractivity contribution in [3.05, 3.63) is 29.3 Å². The average molecular weight is 226 g/mol. The molecule has 0 radical (unpaired) electrons. The third-order valence-corrected chi connectivity index (χ3v) is 2.28. The van der Waals surface area contributed by atoms with Crippen molar-refractivity contribution in [1.82, 2.24) is 0 Å². The van der Waals surface area contributed by atoms with Crippen LogP contribution >= 0.6 is 0 Å². The standard InChI is InChI=1S/C11H14FNO3/c12-4-3-8-5-7(1-2-10(8)14)6-9(13)11(15)16/h1-2,5,9,14H,3-4,6,13H2,(H,15,16)/t9-/m0/s1/i12-1. The summed E-state index contributed by atoms with van der Waals surface area (Å²) in [6.07, 6.45) is 0.275. The van der Waals surface area contributed by atoms with Gasteiger partial charge in [-0.15, -0.1) is 0 Å². The largest absolute Gasteiger partial charge is 0.508 e. The third kappa shape index (κ3) is 3.20. The van der Waals surface area contributed by atoms with Crippen molar-refractivity contribution < 1.29 is 19.4 Å². The lowest BCUT2D eigenvalue weighted by molar-refractivity contribution is -0.138. The average Bonchev–Trinajstić information content (AvgIpc) is 2.23. The van der Waals surface area contributed by atoms with Gasteiger partial charge in [-0.05, 0) is 23.6 Å². The molecule has 4 nitrogen and oxygen atoms in total. The van der Waals surface area contributed by atoms with E-state index in [4.69, 9.17) is 10.8 Å². The van der Waals surface area contributed by atoms with Gasteiger partial charge in [0.25, 0.3) is 0 Å². The van der Waals surface area contributed by atoms with E-state index in [0.29, 0.717) is 11.1 Å². The number of aryl methyl sites for hydroxylation is 1. The molecule has 0 aliphatic carbocycles. The monoisotopic (exact) mass is 226 g/mol. The van der Waals surface area contributed by atoms with Gasteiger partial charge in [0, 0.05) is 6.42 Å². The quantitative estimate of drug-likeness (QED) is 0.695. The summed E-state index contributed by atoms with van der Waals surface area (Å²) < 4.78 is 12.2. The Hall–Kier alpha value is -1.62. The second-order valence-electron chi connectivity index (χ2n) is 3.55. The lowest BCUT2D eigenvalue weighted by atomic mass is 10.0. The molecule has 4 N–H and O–H groups in total. The SMILES string of the molecule is N[C@@H](Cc1ccc(O)c(CC[18F])c1)C(=O)O. The second kappa shape index (κ2) is 5.46. The number of hydrogen-bond acceptors (Lipinski definition) is 3. The molecule has 1 rings (SSSR count). The van der Waals surface area contributed by atoms with E-state index in [2.05, 4.69) is 0 Å². The number of carboxylic acid groups (broad SMARTS) is 1. The zero-order valence-corrected chi connectivity index (χ0v) is 8.69. The van der Waals surface area contributed by atoms with E-state index >= 15 is 0 Å². The smallest absolute Gasteiger partial charge is 0.320 e. The molecule has 1 aromatic carbocycles. The van der Waals surface area contributed by atoms with Crippen LogP contribution in [-0.4, -0.2) is 28.9 Å². The van der Waals surface area contributed by atoms with Crippen LogP contribution in [-0.2, 0) is 17.6 Å². The number of carbonyl (C=O) groups is 1. The van der Waals surface area contributed by atoms with Crippen molar-refractivity contribution in [3.8, 4) is 5.75 Å². The first kappa shape index (κ1) is 12.4. The fourth-order valence-electron chi connectivity index (χ4n) is 1.41. The molecule has 0 amide bonds. The van der Waals surface area contributed by atoms with E-state index in [0.717, 1.165) is 0 Å². The van der Waals surface area contributed by atoms with Crippen LogP contribution in [0.1, 0.15) is 11.1 Å². The Balaban J connectivity index is 2.82. The van der Waals surface area contributed by atoms with Crippen LogP contribution in [0.15, 0.2) is 18.2 Å². The summed E-state index contributed by atoms with van der Waals surface area (Å²) in [4.78, 5) is 10.5. The summed E-state index contributed by atoms with van der Waals surface area (Å²) >= 11 is 0. The van der Waals surface area contributed by atoms with Crippen LogP contribution in [0.5, 0.6) is 5.75 Å². The molecule has 0 fully saturated rings. The predicted molar refractivity (Wildman–Crippen MR) is 57.1 cm³/mol. The van der Waals surface area contributed by atoms with Crippen LogP contribution in [0.25, 0.3) is 0 Å². The molecule has 0 unspecified atom stereocenters. The molecule has 0 heterocycles. The normalized spacial score (nSPS) is 12.4. The molecule has 0 aromatic heterocycles. The maximum absolute atomic E-state index is 12.2. The number of phenolic OH excluding ortho intramolecular Hbond substituents is 1. The van der Waals surface area contributed by atoms with Gasteiger partial charge in [-0.25, -0.2) is 0 Å². The molecule has 0 aliphatic heterocycles. The van der Waals surface area contributed by atoms with E-state index in [9.17, 15) is 14.3 Å². The summed E-state index contributed by atoms with van der Waals surface area (Å²) in [5.41, 5.74) is 6.52. The lowest BCUT2D eigenvalue weighted by Crippen LogP contribution is -2.32. The highest BCUT2D eigenvalue weighted by Crippen LogP contribution is 2.19. The number of aromatic hydroxyl groups is 1. The van der Waals surface area contributed by atoms with Crippen molar-refractivity contribution in [2.45, 2.75) is 18.9 Å². The maximum Gasteiger partial charge on any atom is 0.320 e. The Morgan fingerprint density at radius 2 is 2.19 bits per heavy atom. The number of halogens is 1. The molecule has 1 atom stereocenters. The molecule has 0 saturated heterocycles. The van der Waals surface area contributed by atoms with Crippen LogP contribution < -0.4 is 5.73 Å². The third-order valence-electron chi connectivity index (χ3n) is 2.28. The Morgan fingerprint density at radius 1 is 1.50 bits per heavy atom. The molecule has 0 saturated carbocycles. The molecule has 0 aliphatic rings. The van der Waals surface area contributed by atoms with E-state index in [1.807, 2.05) is 0 Å². The molecule has 16 heavy (non-hydrogen) atoms. The van der Waals surface area contributed by atoms with Crippen molar-refractivity contribution in [2.75, 3.05) is 6.67 Å². The number of hydrogen-bond donors (Lipinski definition) is 3. The minimum atomic E-state index is -1.08. The zero-order valence-electron chi connectivity index (χ0n) is 8.69. The first-order valence-electron chi connectivity index (χ1n) is 4.89. The van der Waals surface area contributed by atoms with Crippen LogP contribution in [0.4, 0.5) is 4.39 Å². The highest BCUT2D eigenvalue weighted by molar-refractivity contribution is 5.73. The highest BCUT2D eigenvalue weighted by Gasteiger charge is 2.13. The Labute approximate surface area is 92.5 Å². The molecule has 88 valence electrons. The van der Waals surface area contributed by atoms with Crippen molar-refractivity contribution in [3.63, 3.8) is 0 Å². The Bertz CT molecular complexity index is 381. The molecule has 0 bridgehead atoms. The molecule has 1 aromatic rings. The van der Waals surface area contributed by atoms with Gasteiger partial charge in [0.2, 0.25) is 0 Å². The van der Waals surface area contributed by atoms with Gasteiger partial charge in [-0.3, -0.25) is 9.18 Å². The minimum absolute atomic E-state index is 0.0188. The summed E-state index contributed by atoms with van der Waals surface area (Å²) in [6.45, 7) is -0.567. The zero-order chi connectivity index (χ0) is 12.1. The first-order chi connectivity index (χ1) is 7.54. The molecular weight excluding hydrogens is 212 g/mol. The highest BCUT2D eigenvalue weighted by atomic mass is 18.2. The summed E-state index contributed by atoms with van der Waals surface area (Å²) in [7, 11) is 0. The van der Waals surface area contributed by atoms with E-state index in [-0.39, 0.29) is 18.6 Å². The maximum atomic E-state index is 12.2. The van der Waals surface area contributed by atoms with Gasteiger partial charge >= 0.3 is 5.97 Å². The molecule has 0 spiro atoms. The fraction of sp³-hybridized carbons (Fsp3) is 0.364. The van der Waals surface area contributed by atoms with Crippen LogP contribution in [0.2, 0.25) is 0 Å².